The van der Waals surface area contributed by atoms with Gasteiger partial charge in [-0.2, -0.15) is 0 Å². The van der Waals surface area contributed by atoms with Crippen molar-refractivity contribution in [2.24, 2.45) is 7.05 Å². The predicted octanol–water partition coefficient (Wildman–Crippen LogP) is 3.53. The summed E-state index contributed by atoms with van der Waals surface area (Å²) < 4.78 is 26.8. The second kappa shape index (κ2) is 9.36. The first-order valence-corrected chi connectivity index (χ1v) is 11.6. The second-order valence-electron chi connectivity index (χ2n) is 8.78. The van der Waals surface area contributed by atoms with E-state index in [0.717, 1.165) is 19.3 Å². The number of benzene rings is 1. The fourth-order valence-electron chi connectivity index (χ4n) is 4.61. The van der Waals surface area contributed by atoms with Crippen LogP contribution in [0.15, 0.2) is 41.3 Å². The van der Waals surface area contributed by atoms with Gasteiger partial charge in [-0.15, -0.1) is 0 Å². The number of fused-ring (bicyclic) bond motifs is 2. The third-order valence-corrected chi connectivity index (χ3v) is 6.42. The summed E-state index contributed by atoms with van der Waals surface area (Å²) in [6.07, 6.45) is 4.06. The van der Waals surface area contributed by atoms with Gasteiger partial charge in [-0.05, 0) is 49.9 Å². The van der Waals surface area contributed by atoms with Gasteiger partial charge in [-0.1, -0.05) is 6.42 Å². The van der Waals surface area contributed by atoms with Gasteiger partial charge in [-0.3, -0.25) is 19.5 Å². The molecular formula is C25H25FN4O5. The van der Waals surface area contributed by atoms with Crippen LogP contribution in [-0.4, -0.2) is 40.8 Å². The van der Waals surface area contributed by atoms with Crippen molar-refractivity contribution in [3.05, 3.63) is 58.3 Å². The van der Waals surface area contributed by atoms with Crippen molar-refractivity contribution in [3.8, 4) is 5.75 Å². The number of nitrogens with one attached hydrogen (secondary N) is 1. The Labute approximate surface area is 200 Å². The number of anilines is 2. The fourth-order valence-corrected chi connectivity index (χ4v) is 4.61. The summed E-state index contributed by atoms with van der Waals surface area (Å²) in [6.45, 7) is 0.389. The number of rotatable bonds is 7. The fraction of sp³-hybridized carbons (Fsp3) is 0.360. The first kappa shape index (κ1) is 22.8. The zero-order valence-electron chi connectivity index (χ0n) is 19.3. The van der Waals surface area contributed by atoms with Crippen LogP contribution in [0, 0.1) is 5.82 Å². The highest BCUT2D eigenvalue weighted by molar-refractivity contribution is 5.97. The maximum absolute atomic E-state index is 14.5. The number of cyclic esters (lactones) is 1. The molecule has 1 atom stereocenters. The van der Waals surface area contributed by atoms with Gasteiger partial charge in [0.1, 0.15) is 17.7 Å². The summed E-state index contributed by atoms with van der Waals surface area (Å²) in [6, 6.07) is 8.24. The van der Waals surface area contributed by atoms with E-state index in [1.165, 1.54) is 16.8 Å². The Morgan fingerprint density at radius 1 is 1.14 bits per heavy atom. The zero-order valence-corrected chi connectivity index (χ0v) is 19.3. The molecule has 1 saturated heterocycles. The minimum absolute atomic E-state index is 0.0255. The smallest absolute Gasteiger partial charge is 0.414 e. The van der Waals surface area contributed by atoms with Crippen molar-refractivity contribution in [3.63, 3.8) is 0 Å². The Balaban J connectivity index is 1.15. The van der Waals surface area contributed by atoms with E-state index >= 15 is 0 Å². The standard InChI is InChI=1S/C25H25FN4O5/c1-29-23(32)10-8-19-24(29)17(18(26)12-27-19)6-4-2-3-5-16-13-30(25(33)35-16)15-7-9-21-20(11-15)28-22(31)14-34-21/h7-12,16H,2-6,13-14H2,1H3,(H,28,31). The van der Waals surface area contributed by atoms with Gasteiger partial charge in [0.25, 0.3) is 11.5 Å². The summed E-state index contributed by atoms with van der Waals surface area (Å²) in [5.74, 6) is -0.0833. The van der Waals surface area contributed by atoms with Gasteiger partial charge < -0.3 is 19.4 Å². The molecule has 1 N–H and O–H groups in total. The molecule has 0 spiro atoms. The number of unbranched alkanes of at least 4 members (excludes halogenated alkanes) is 2. The summed E-state index contributed by atoms with van der Waals surface area (Å²) in [4.78, 5) is 41.6. The maximum atomic E-state index is 14.5. The molecule has 182 valence electrons. The molecule has 1 aromatic carbocycles. The van der Waals surface area contributed by atoms with Gasteiger partial charge in [0.05, 0.1) is 29.5 Å². The molecule has 0 saturated carbocycles. The van der Waals surface area contributed by atoms with E-state index in [0.29, 0.717) is 53.1 Å². The molecule has 1 unspecified atom stereocenters. The number of hydrogen-bond acceptors (Lipinski definition) is 6. The zero-order chi connectivity index (χ0) is 24.5. The number of carbonyl (C=O) groups excluding carboxylic acids is 2. The summed E-state index contributed by atoms with van der Waals surface area (Å²) >= 11 is 0. The van der Waals surface area contributed by atoms with Crippen molar-refractivity contribution in [2.45, 2.75) is 38.2 Å². The van der Waals surface area contributed by atoms with E-state index in [-0.39, 0.29) is 24.2 Å². The molecule has 2 aliphatic rings. The topological polar surface area (TPSA) is 103 Å². The lowest BCUT2D eigenvalue weighted by atomic mass is 10.0. The normalized spacial score (nSPS) is 17.2. The van der Waals surface area contributed by atoms with E-state index in [2.05, 4.69) is 10.3 Å². The summed E-state index contributed by atoms with van der Waals surface area (Å²) in [7, 11) is 1.62. The predicted molar refractivity (Wildman–Crippen MR) is 127 cm³/mol. The van der Waals surface area contributed by atoms with Crippen LogP contribution in [0.5, 0.6) is 5.75 Å². The summed E-state index contributed by atoms with van der Waals surface area (Å²) in [5.41, 5.74) is 2.58. The number of ether oxygens (including phenoxy) is 2. The summed E-state index contributed by atoms with van der Waals surface area (Å²) in [5, 5.41) is 2.74. The molecule has 2 aliphatic heterocycles. The first-order chi connectivity index (χ1) is 16.9. The van der Waals surface area contributed by atoms with E-state index < -0.39 is 11.9 Å². The SMILES string of the molecule is Cn1c(=O)ccc2ncc(F)c(CCCCCC3CN(c4ccc5c(c4)NC(=O)CO5)C(=O)O3)c21. The van der Waals surface area contributed by atoms with Crippen LogP contribution in [0.2, 0.25) is 0 Å². The van der Waals surface area contributed by atoms with Crippen LogP contribution < -0.4 is 20.5 Å². The van der Waals surface area contributed by atoms with Crippen LogP contribution in [-0.2, 0) is 23.0 Å². The third kappa shape index (κ3) is 4.55. The molecule has 5 rings (SSSR count). The van der Waals surface area contributed by atoms with Gasteiger partial charge in [-0.25, -0.2) is 9.18 Å². The molecule has 35 heavy (non-hydrogen) atoms. The Kier molecular flexibility index (Phi) is 6.10. The van der Waals surface area contributed by atoms with E-state index in [9.17, 15) is 18.8 Å². The highest BCUT2D eigenvalue weighted by Gasteiger charge is 2.32. The van der Waals surface area contributed by atoms with E-state index in [4.69, 9.17) is 9.47 Å². The average molecular weight is 480 g/mol. The lowest BCUT2D eigenvalue weighted by Crippen LogP contribution is -2.27. The van der Waals surface area contributed by atoms with Gasteiger partial charge >= 0.3 is 6.09 Å². The van der Waals surface area contributed by atoms with Crippen molar-refractivity contribution < 1.29 is 23.5 Å². The average Bonchev–Trinajstić information content (AvgIpc) is 3.22. The highest BCUT2D eigenvalue weighted by Crippen LogP contribution is 2.34. The molecule has 3 aromatic rings. The third-order valence-electron chi connectivity index (χ3n) is 6.42. The van der Waals surface area contributed by atoms with Crippen molar-refractivity contribution in [2.75, 3.05) is 23.4 Å². The molecule has 0 radical (unpaired) electrons. The molecule has 4 heterocycles. The number of carbonyl (C=O) groups is 2. The van der Waals surface area contributed by atoms with E-state index in [1.807, 2.05) is 0 Å². The Morgan fingerprint density at radius 3 is 2.86 bits per heavy atom. The highest BCUT2D eigenvalue weighted by atomic mass is 19.1. The number of aryl methyl sites for hydroxylation is 2. The monoisotopic (exact) mass is 480 g/mol. The maximum Gasteiger partial charge on any atom is 0.414 e. The van der Waals surface area contributed by atoms with Gasteiger partial charge in [0.2, 0.25) is 0 Å². The lowest BCUT2D eigenvalue weighted by Gasteiger charge is -2.20. The Bertz CT molecular complexity index is 1370. The first-order valence-electron chi connectivity index (χ1n) is 11.6. The molecule has 10 heteroatoms. The van der Waals surface area contributed by atoms with Crippen molar-refractivity contribution in [1.82, 2.24) is 9.55 Å². The Morgan fingerprint density at radius 2 is 2.00 bits per heavy atom. The van der Waals surface area contributed by atoms with Crippen LogP contribution in [0.4, 0.5) is 20.6 Å². The lowest BCUT2D eigenvalue weighted by molar-refractivity contribution is -0.118. The van der Waals surface area contributed by atoms with Gasteiger partial charge in [0, 0.05) is 24.4 Å². The molecule has 0 aliphatic carbocycles. The number of hydrogen-bond donors (Lipinski definition) is 1. The molecular weight excluding hydrogens is 455 g/mol. The number of amides is 2. The van der Waals surface area contributed by atoms with Crippen LogP contribution in [0.25, 0.3) is 11.0 Å². The van der Waals surface area contributed by atoms with Gasteiger partial charge in [0.15, 0.2) is 6.61 Å². The number of aromatic nitrogens is 2. The minimum atomic E-state index is -0.427. The number of halogens is 1. The van der Waals surface area contributed by atoms with Crippen molar-refractivity contribution in [1.29, 1.82) is 0 Å². The largest absolute Gasteiger partial charge is 0.482 e. The molecule has 9 nitrogen and oxygen atoms in total. The van der Waals surface area contributed by atoms with Crippen LogP contribution >= 0.6 is 0 Å². The van der Waals surface area contributed by atoms with Crippen LogP contribution in [0.3, 0.4) is 0 Å². The quantitative estimate of drug-likeness (QED) is 0.519. The molecule has 0 bridgehead atoms. The van der Waals surface area contributed by atoms with Crippen LogP contribution in [0.1, 0.15) is 31.2 Å². The molecule has 2 aromatic heterocycles. The van der Waals surface area contributed by atoms with E-state index in [1.54, 1.807) is 36.2 Å². The Hall–Kier alpha value is -3.95. The number of pyridine rings is 2. The molecule has 1 fully saturated rings. The van der Waals surface area contributed by atoms with Crippen molar-refractivity contribution >= 4 is 34.4 Å². The number of nitrogens with zero attached hydrogens (tertiary/aromatic N) is 3. The second-order valence-corrected chi connectivity index (χ2v) is 8.78. The molecule has 2 amide bonds. The minimum Gasteiger partial charge on any atom is -0.482 e.